The Morgan fingerprint density at radius 3 is 2.61 bits per heavy atom. The molecule has 2 fully saturated rings. The average Bonchev–Trinajstić information content (AvgIpc) is 3.54. The molecular weight excluding hydrogens is 631 g/mol. The Balaban J connectivity index is 1.27. The van der Waals surface area contributed by atoms with E-state index in [0.29, 0.717) is 57.1 Å². The van der Waals surface area contributed by atoms with E-state index in [9.17, 15) is 23.1 Å². The molecule has 0 spiro atoms. The standard InChI is InChI=1S/C37H50F3N7O2/c1-3-31(23-9-11-24(12-10-23)37(48)49)41-19-34-43-32-14-13-26(25-6-4-8-29(38)16-25)17-30(32)36(45-34)44-33(28-18-42-46(2)20-28)22-47-15-5-7-27(21-47)35(39)40/h4,6,8,16,18,20,23-24,26-27,31,33,35,41H,3,5,7,9-15,17,19,21-22H2,1-2H3,(H,48,49)(H,43,44,45)/t23?,24?,26-,27+,31-,33+/m1/s1. The number of benzene rings is 1. The molecule has 266 valence electrons. The molecule has 9 nitrogen and oxygen atoms in total. The number of halogens is 3. The second-order valence-electron chi connectivity index (χ2n) is 14.4. The third-order valence-corrected chi connectivity index (χ3v) is 11.1. The maximum atomic E-state index is 14.3. The van der Waals surface area contributed by atoms with Gasteiger partial charge in [-0.15, -0.1) is 0 Å². The molecule has 3 heterocycles. The van der Waals surface area contributed by atoms with Gasteiger partial charge in [-0.05, 0) is 100 Å². The molecule has 1 aromatic carbocycles. The average molecular weight is 682 g/mol. The summed E-state index contributed by atoms with van der Waals surface area (Å²) in [5.74, 6) is 0.110. The molecule has 12 heteroatoms. The number of rotatable bonds is 13. The van der Waals surface area contributed by atoms with E-state index in [1.807, 2.05) is 25.5 Å². The lowest BCUT2D eigenvalue weighted by Crippen LogP contribution is -2.41. The van der Waals surface area contributed by atoms with Crippen LogP contribution in [0, 0.1) is 23.6 Å². The fourth-order valence-electron chi connectivity index (χ4n) is 8.28. The minimum Gasteiger partial charge on any atom is -0.481 e. The van der Waals surface area contributed by atoms with Crippen LogP contribution in [0.3, 0.4) is 0 Å². The molecular formula is C37H50F3N7O2. The zero-order valence-corrected chi connectivity index (χ0v) is 28.6. The summed E-state index contributed by atoms with van der Waals surface area (Å²) < 4.78 is 43.5. The van der Waals surface area contributed by atoms with Crippen molar-refractivity contribution in [1.82, 2.24) is 30.0 Å². The molecule has 49 heavy (non-hydrogen) atoms. The smallest absolute Gasteiger partial charge is 0.306 e. The topological polar surface area (TPSA) is 108 Å². The molecule has 1 saturated carbocycles. The van der Waals surface area contributed by atoms with Gasteiger partial charge in [0.15, 0.2) is 0 Å². The number of piperidine rings is 1. The van der Waals surface area contributed by atoms with Gasteiger partial charge in [-0.25, -0.2) is 23.1 Å². The van der Waals surface area contributed by atoms with Gasteiger partial charge in [0.25, 0.3) is 0 Å². The zero-order chi connectivity index (χ0) is 34.5. The van der Waals surface area contributed by atoms with Crippen LogP contribution in [0.4, 0.5) is 19.0 Å². The van der Waals surface area contributed by atoms with Crippen molar-refractivity contribution >= 4 is 11.8 Å². The van der Waals surface area contributed by atoms with Crippen LogP contribution < -0.4 is 10.6 Å². The molecule has 3 aromatic rings. The quantitative estimate of drug-likeness (QED) is 0.188. The summed E-state index contributed by atoms with van der Waals surface area (Å²) >= 11 is 0. The summed E-state index contributed by atoms with van der Waals surface area (Å²) in [5, 5.41) is 21.3. The Labute approximate surface area is 287 Å². The van der Waals surface area contributed by atoms with E-state index >= 15 is 0 Å². The third-order valence-electron chi connectivity index (χ3n) is 11.1. The van der Waals surface area contributed by atoms with Crippen LogP contribution in [0.2, 0.25) is 0 Å². The summed E-state index contributed by atoms with van der Waals surface area (Å²) in [5.41, 5.74) is 3.91. The minimum absolute atomic E-state index is 0.118. The van der Waals surface area contributed by atoms with Crippen molar-refractivity contribution in [3.8, 4) is 0 Å². The lowest BCUT2D eigenvalue weighted by atomic mass is 9.78. The fraction of sp³-hybridized carbons (Fsp3) is 0.622. The van der Waals surface area contributed by atoms with Gasteiger partial charge in [0.05, 0.1) is 24.7 Å². The second-order valence-corrected chi connectivity index (χ2v) is 14.4. The number of hydrogen-bond acceptors (Lipinski definition) is 7. The molecule has 6 rings (SSSR count). The largest absolute Gasteiger partial charge is 0.481 e. The van der Waals surface area contributed by atoms with Crippen LogP contribution in [-0.2, 0) is 31.2 Å². The molecule has 2 aliphatic carbocycles. The number of anilines is 1. The highest BCUT2D eigenvalue weighted by molar-refractivity contribution is 5.70. The number of hydrogen-bond donors (Lipinski definition) is 3. The number of nitrogens with zero attached hydrogens (tertiary/aromatic N) is 5. The molecule has 3 aliphatic rings. The Morgan fingerprint density at radius 2 is 1.92 bits per heavy atom. The number of carboxylic acid groups (broad SMARTS) is 1. The minimum atomic E-state index is -2.34. The number of fused-ring (bicyclic) bond motifs is 1. The number of carbonyl (C=O) groups is 1. The Bertz CT molecular complexity index is 1560. The zero-order valence-electron chi connectivity index (χ0n) is 28.6. The molecule has 2 aromatic heterocycles. The van der Waals surface area contributed by atoms with Crippen LogP contribution in [-0.4, -0.2) is 67.8 Å². The van der Waals surface area contributed by atoms with Gasteiger partial charge in [-0.3, -0.25) is 9.48 Å². The molecule has 1 aliphatic heterocycles. The Morgan fingerprint density at radius 1 is 1.10 bits per heavy atom. The van der Waals surface area contributed by atoms with E-state index in [2.05, 4.69) is 27.6 Å². The van der Waals surface area contributed by atoms with Gasteiger partial charge in [0, 0.05) is 55.1 Å². The van der Waals surface area contributed by atoms with Gasteiger partial charge < -0.3 is 20.6 Å². The highest BCUT2D eigenvalue weighted by Gasteiger charge is 2.32. The van der Waals surface area contributed by atoms with Crippen molar-refractivity contribution in [3.63, 3.8) is 0 Å². The lowest BCUT2D eigenvalue weighted by Gasteiger charge is -2.35. The predicted molar refractivity (Wildman–Crippen MR) is 182 cm³/mol. The normalized spacial score (nSPS) is 24.4. The monoisotopic (exact) mass is 681 g/mol. The van der Waals surface area contributed by atoms with E-state index in [-0.39, 0.29) is 29.7 Å². The van der Waals surface area contributed by atoms with E-state index < -0.39 is 18.3 Å². The van der Waals surface area contributed by atoms with Gasteiger partial charge in [-0.1, -0.05) is 19.1 Å². The first-order valence-corrected chi connectivity index (χ1v) is 18.0. The first kappa shape index (κ1) is 35.3. The van der Waals surface area contributed by atoms with Crippen LogP contribution in [0.15, 0.2) is 36.7 Å². The maximum Gasteiger partial charge on any atom is 0.306 e. The number of aliphatic carboxylic acids is 1. The van der Waals surface area contributed by atoms with Crippen molar-refractivity contribution in [2.24, 2.45) is 24.8 Å². The van der Waals surface area contributed by atoms with E-state index in [1.54, 1.807) is 16.8 Å². The van der Waals surface area contributed by atoms with Crippen molar-refractivity contribution in [3.05, 3.63) is 70.7 Å². The highest BCUT2D eigenvalue weighted by atomic mass is 19.3. The number of alkyl halides is 2. The number of aromatic nitrogens is 4. The van der Waals surface area contributed by atoms with Crippen LogP contribution in [0.25, 0.3) is 0 Å². The number of aryl methyl sites for hydroxylation is 2. The summed E-state index contributed by atoms with van der Waals surface area (Å²) in [6.07, 6.45) is 9.07. The fourth-order valence-corrected chi connectivity index (χ4v) is 8.28. The first-order chi connectivity index (χ1) is 23.7. The van der Waals surface area contributed by atoms with Gasteiger partial charge in [0.2, 0.25) is 6.43 Å². The van der Waals surface area contributed by atoms with Crippen molar-refractivity contribution in [2.75, 3.05) is 25.0 Å². The number of likely N-dealkylation sites (tertiary alicyclic amines) is 1. The van der Waals surface area contributed by atoms with Crippen LogP contribution >= 0.6 is 0 Å². The molecule has 3 N–H and O–H groups in total. The molecule has 4 atom stereocenters. The first-order valence-electron chi connectivity index (χ1n) is 18.0. The maximum absolute atomic E-state index is 14.3. The second kappa shape index (κ2) is 16.0. The molecule has 1 saturated heterocycles. The number of carboxylic acids is 1. The van der Waals surface area contributed by atoms with E-state index in [1.165, 1.54) is 6.07 Å². The summed E-state index contributed by atoms with van der Waals surface area (Å²) in [6.45, 7) is 4.28. The van der Waals surface area contributed by atoms with Crippen molar-refractivity contribution < 1.29 is 23.1 Å². The van der Waals surface area contributed by atoms with Crippen molar-refractivity contribution in [1.29, 1.82) is 0 Å². The Hall–Kier alpha value is -3.51. The molecule has 0 unspecified atom stereocenters. The van der Waals surface area contributed by atoms with E-state index in [0.717, 1.165) is 73.3 Å². The van der Waals surface area contributed by atoms with Gasteiger partial charge >= 0.3 is 5.97 Å². The molecule has 0 amide bonds. The van der Waals surface area contributed by atoms with Gasteiger partial charge in [0.1, 0.15) is 17.5 Å². The SMILES string of the molecule is CC[C@@H](NCc1nc2c(c(N[C@@H](CN3CCC[C@H](C(F)F)C3)c3cnn(C)c3)n1)C[C@H](c1cccc(F)c1)CC2)C1CCC(C(=O)O)CC1. The summed E-state index contributed by atoms with van der Waals surface area (Å²) in [7, 11) is 1.87. The van der Waals surface area contributed by atoms with Crippen LogP contribution in [0.5, 0.6) is 0 Å². The molecule has 0 bridgehead atoms. The number of nitrogens with one attached hydrogen (secondary N) is 2. The Kier molecular flexibility index (Phi) is 11.5. The van der Waals surface area contributed by atoms with Crippen molar-refractivity contribution in [2.45, 2.75) is 102 Å². The predicted octanol–water partition coefficient (Wildman–Crippen LogP) is 6.51. The van der Waals surface area contributed by atoms with Crippen LogP contribution in [0.1, 0.15) is 98.5 Å². The summed E-state index contributed by atoms with van der Waals surface area (Å²) in [6, 6.07) is 6.81. The lowest BCUT2D eigenvalue weighted by molar-refractivity contribution is -0.143. The third kappa shape index (κ3) is 8.81. The summed E-state index contributed by atoms with van der Waals surface area (Å²) in [4.78, 5) is 23.8. The highest BCUT2D eigenvalue weighted by Crippen LogP contribution is 2.37. The van der Waals surface area contributed by atoms with E-state index in [4.69, 9.17) is 9.97 Å². The van der Waals surface area contributed by atoms with Gasteiger partial charge in [-0.2, -0.15) is 5.10 Å². The molecule has 0 radical (unpaired) electrons.